The van der Waals surface area contributed by atoms with E-state index in [0.717, 1.165) is 45.3 Å². The first-order valence-corrected chi connectivity index (χ1v) is 11.3. The minimum Gasteiger partial charge on any atom is -0.444 e. The van der Waals surface area contributed by atoms with Crippen molar-refractivity contribution in [2.75, 3.05) is 4.90 Å². The van der Waals surface area contributed by atoms with Gasteiger partial charge in [0.2, 0.25) is 0 Å². The van der Waals surface area contributed by atoms with E-state index in [4.69, 9.17) is 4.74 Å². The zero-order valence-electron chi connectivity index (χ0n) is 17.6. The van der Waals surface area contributed by atoms with E-state index in [2.05, 4.69) is 41.9 Å². The van der Waals surface area contributed by atoms with Crippen LogP contribution >= 0.6 is 15.9 Å². The van der Waals surface area contributed by atoms with Crippen LogP contribution in [-0.2, 0) is 17.8 Å². The van der Waals surface area contributed by atoms with Gasteiger partial charge in [0.25, 0.3) is 0 Å². The highest BCUT2D eigenvalue weighted by atomic mass is 79.9. The molecule has 1 unspecified atom stereocenters. The average molecular weight is 482 g/mol. The minimum atomic E-state index is -0.386. The molecule has 1 aliphatic heterocycles. The second-order valence-electron chi connectivity index (χ2n) is 8.17. The highest BCUT2D eigenvalue weighted by molar-refractivity contribution is 9.10. The van der Waals surface area contributed by atoms with Crippen LogP contribution < -0.4 is 4.90 Å². The van der Waals surface area contributed by atoms with Gasteiger partial charge in [0.15, 0.2) is 0 Å². The standard InChI is InChI=1S/C26H25BrFNO2/c1-17(2)23-15-21(27)14-20-10-13-24(19-8-11-22(28)12-9-19)29(25(20)23)26(30)31-16-18-6-4-3-5-7-18/h3-9,11-12,14-15,17,24H,10,13,16H2,1-2H3. The van der Waals surface area contributed by atoms with E-state index in [9.17, 15) is 9.18 Å². The monoisotopic (exact) mass is 481 g/mol. The summed E-state index contributed by atoms with van der Waals surface area (Å²) in [5.41, 5.74) is 4.96. The maximum absolute atomic E-state index is 13.6. The Bertz CT molecular complexity index is 1070. The maximum atomic E-state index is 13.6. The number of amides is 1. The van der Waals surface area contributed by atoms with Crippen LogP contribution in [-0.4, -0.2) is 6.09 Å². The van der Waals surface area contributed by atoms with Crippen molar-refractivity contribution in [3.63, 3.8) is 0 Å². The smallest absolute Gasteiger partial charge is 0.415 e. The molecular formula is C26H25BrFNO2. The van der Waals surface area contributed by atoms with Crippen LogP contribution in [0.25, 0.3) is 0 Å². The van der Waals surface area contributed by atoms with Gasteiger partial charge in [-0.3, -0.25) is 4.90 Å². The molecule has 0 N–H and O–H groups in total. The van der Waals surface area contributed by atoms with E-state index in [1.54, 1.807) is 17.0 Å². The Morgan fingerprint density at radius 1 is 1.13 bits per heavy atom. The average Bonchev–Trinajstić information content (AvgIpc) is 2.77. The molecule has 3 aromatic rings. The van der Waals surface area contributed by atoms with Gasteiger partial charge in [0, 0.05) is 4.47 Å². The summed E-state index contributed by atoms with van der Waals surface area (Å²) >= 11 is 3.62. The molecule has 0 radical (unpaired) electrons. The lowest BCUT2D eigenvalue weighted by Gasteiger charge is -2.39. The van der Waals surface area contributed by atoms with E-state index < -0.39 is 0 Å². The van der Waals surface area contributed by atoms with Crippen LogP contribution in [0.4, 0.5) is 14.9 Å². The van der Waals surface area contributed by atoms with Crippen molar-refractivity contribution in [2.45, 2.75) is 45.3 Å². The van der Waals surface area contributed by atoms with Crippen LogP contribution in [0.15, 0.2) is 71.2 Å². The first-order chi connectivity index (χ1) is 14.9. The molecule has 4 rings (SSSR count). The van der Waals surface area contributed by atoms with Crippen molar-refractivity contribution < 1.29 is 13.9 Å². The van der Waals surface area contributed by atoms with Crippen LogP contribution in [0.5, 0.6) is 0 Å². The molecule has 1 atom stereocenters. The number of benzene rings is 3. The van der Waals surface area contributed by atoms with Crippen molar-refractivity contribution in [3.8, 4) is 0 Å². The molecule has 0 aromatic heterocycles. The SMILES string of the molecule is CC(C)c1cc(Br)cc2c1N(C(=O)OCc1ccccc1)C(c1ccc(F)cc1)CC2. The molecule has 0 saturated carbocycles. The fourth-order valence-corrected chi connectivity index (χ4v) is 4.71. The number of halogens is 2. The third kappa shape index (κ3) is 4.67. The Balaban J connectivity index is 1.75. The van der Waals surface area contributed by atoms with Crippen LogP contribution in [0.1, 0.15) is 54.5 Å². The number of nitrogens with zero attached hydrogens (tertiary/aromatic N) is 1. The van der Waals surface area contributed by atoms with Gasteiger partial charge in [-0.05, 0) is 65.3 Å². The zero-order chi connectivity index (χ0) is 22.0. The van der Waals surface area contributed by atoms with Gasteiger partial charge in [-0.1, -0.05) is 72.2 Å². The largest absolute Gasteiger partial charge is 0.444 e. The van der Waals surface area contributed by atoms with Gasteiger partial charge >= 0.3 is 6.09 Å². The Morgan fingerprint density at radius 2 is 1.84 bits per heavy atom. The maximum Gasteiger partial charge on any atom is 0.415 e. The van der Waals surface area contributed by atoms with Gasteiger partial charge in [0.05, 0.1) is 11.7 Å². The summed E-state index contributed by atoms with van der Waals surface area (Å²) in [5, 5.41) is 0. The van der Waals surface area contributed by atoms with Gasteiger partial charge in [-0.25, -0.2) is 9.18 Å². The van der Waals surface area contributed by atoms with E-state index in [1.165, 1.54) is 12.1 Å². The fourth-order valence-electron chi connectivity index (χ4n) is 4.19. The molecular weight excluding hydrogens is 457 g/mol. The number of anilines is 1. The number of carbonyl (C=O) groups excluding carboxylic acids is 1. The van der Waals surface area contributed by atoms with E-state index in [1.807, 2.05) is 30.3 Å². The Kier molecular flexibility index (Phi) is 6.42. The second kappa shape index (κ2) is 9.23. The number of carbonyl (C=O) groups is 1. The summed E-state index contributed by atoms with van der Waals surface area (Å²) < 4.78 is 20.3. The third-order valence-electron chi connectivity index (χ3n) is 5.70. The summed E-state index contributed by atoms with van der Waals surface area (Å²) in [6.45, 7) is 4.45. The predicted octanol–water partition coefficient (Wildman–Crippen LogP) is 7.54. The molecule has 0 aliphatic carbocycles. The number of rotatable bonds is 4. The van der Waals surface area contributed by atoms with Gasteiger partial charge in [0.1, 0.15) is 12.4 Å². The number of fused-ring (bicyclic) bond motifs is 1. The highest BCUT2D eigenvalue weighted by Crippen LogP contribution is 2.44. The number of hydrogen-bond donors (Lipinski definition) is 0. The first kappa shape index (κ1) is 21.6. The molecule has 5 heteroatoms. The number of ether oxygens (including phenoxy) is 1. The molecule has 0 bridgehead atoms. The van der Waals surface area contributed by atoms with Crippen LogP contribution in [0.2, 0.25) is 0 Å². The van der Waals surface area contributed by atoms with Crippen molar-refractivity contribution in [3.05, 3.63) is 99.3 Å². The summed E-state index contributed by atoms with van der Waals surface area (Å²) in [6, 6.07) is 20.0. The highest BCUT2D eigenvalue weighted by Gasteiger charge is 2.35. The van der Waals surface area contributed by atoms with Gasteiger partial charge < -0.3 is 4.74 Å². The Hall–Kier alpha value is -2.66. The molecule has 31 heavy (non-hydrogen) atoms. The van der Waals surface area contributed by atoms with Crippen LogP contribution in [0, 0.1) is 5.82 Å². The van der Waals surface area contributed by atoms with E-state index in [0.29, 0.717) is 0 Å². The van der Waals surface area contributed by atoms with Crippen molar-refractivity contribution in [2.24, 2.45) is 0 Å². The van der Waals surface area contributed by atoms with Crippen LogP contribution in [0.3, 0.4) is 0 Å². The summed E-state index contributed by atoms with van der Waals surface area (Å²) in [7, 11) is 0. The summed E-state index contributed by atoms with van der Waals surface area (Å²) in [4.78, 5) is 15.2. The molecule has 0 saturated heterocycles. The minimum absolute atomic E-state index is 0.204. The molecule has 1 heterocycles. The van der Waals surface area contributed by atoms with Gasteiger partial charge in [-0.2, -0.15) is 0 Å². The molecule has 0 fully saturated rings. The van der Waals surface area contributed by atoms with Crippen molar-refractivity contribution in [1.29, 1.82) is 0 Å². The molecule has 1 amide bonds. The lowest BCUT2D eigenvalue weighted by atomic mass is 9.87. The molecule has 0 spiro atoms. The number of aryl methyl sites for hydroxylation is 1. The molecule has 160 valence electrons. The lowest BCUT2D eigenvalue weighted by Crippen LogP contribution is -2.39. The number of hydrogen-bond acceptors (Lipinski definition) is 2. The van der Waals surface area contributed by atoms with Crippen molar-refractivity contribution >= 4 is 27.7 Å². The third-order valence-corrected chi connectivity index (χ3v) is 6.16. The molecule has 3 nitrogen and oxygen atoms in total. The predicted molar refractivity (Wildman–Crippen MR) is 125 cm³/mol. The second-order valence-corrected chi connectivity index (χ2v) is 9.09. The van der Waals surface area contributed by atoms with E-state index >= 15 is 0 Å². The normalized spacial score (nSPS) is 15.6. The Morgan fingerprint density at radius 3 is 2.52 bits per heavy atom. The summed E-state index contributed by atoms with van der Waals surface area (Å²) in [6.07, 6.45) is 1.19. The van der Waals surface area contributed by atoms with Gasteiger partial charge in [-0.15, -0.1) is 0 Å². The topological polar surface area (TPSA) is 29.5 Å². The summed E-state index contributed by atoms with van der Waals surface area (Å²) in [5.74, 6) is -0.0624. The van der Waals surface area contributed by atoms with Crippen molar-refractivity contribution in [1.82, 2.24) is 0 Å². The lowest BCUT2D eigenvalue weighted by molar-refractivity contribution is 0.143. The quantitative estimate of drug-likeness (QED) is 0.385. The Labute approximate surface area is 191 Å². The van der Waals surface area contributed by atoms with E-state index in [-0.39, 0.29) is 30.5 Å². The molecule has 3 aromatic carbocycles. The first-order valence-electron chi connectivity index (χ1n) is 10.5. The fraction of sp³-hybridized carbons (Fsp3) is 0.269. The molecule has 1 aliphatic rings. The zero-order valence-corrected chi connectivity index (χ0v) is 19.2.